The third-order valence-electron chi connectivity index (χ3n) is 3.17. The van der Waals surface area contributed by atoms with E-state index >= 15 is 0 Å². The van der Waals surface area contributed by atoms with Gasteiger partial charge >= 0.3 is 12.6 Å². The average Bonchev–Trinajstić information content (AvgIpc) is 2.89. The van der Waals surface area contributed by atoms with Crippen LogP contribution in [0.5, 0.6) is 5.75 Å². The summed E-state index contributed by atoms with van der Waals surface area (Å²) in [5.41, 5.74) is 0.719. The number of carbonyl (C=O) groups excluding carboxylic acids is 1. The highest BCUT2D eigenvalue weighted by Gasteiger charge is 2.20. The molecule has 9 heteroatoms. The van der Waals surface area contributed by atoms with Crippen molar-refractivity contribution < 1.29 is 27.8 Å². The highest BCUT2D eigenvalue weighted by Crippen LogP contribution is 2.30. The lowest BCUT2D eigenvalue weighted by Crippen LogP contribution is -2.09. The molecule has 0 bridgehead atoms. The lowest BCUT2D eigenvalue weighted by atomic mass is 10.2. The lowest BCUT2D eigenvalue weighted by Gasteiger charge is -2.10. The number of hydrogen-bond donors (Lipinski definition) is 0. The molecule has 126 valence electrons. The zero-order valence-electron chi connectivity index (χ0n) is 12.5. The van der Waals surface area contributed by atoms with Crippen molar-refractivity contribution in [1.82, 2.24) is 9.55 Å². The number of nitrogens with zero attached hydrogens (tertiary/aromatic N) is 2. The van der Waals surface area contributed by atoms with Gasteiger partial charge in [0.1, 0.15) is 11.3 Å². The van der Waals surface area contributed by atoms with Crippen LogP contribution in [0.1, 0.15) is 16.2 Å². The van der Waals surface area contributed by atoms with Crippen LogP contribution in [-0.4, -0.2) is 43.0 Å². The van der Waals surface area contributed by atoms with E-state index in [1.807, 2.05) is 0 Å². The SMILES string of the molecule is COCCn1c(CCl)nc2c(OC(F)F)cc(C(=O)OC)cc21. The van der Waals surface area contributed by atoms with E-state index in [1.54, 1.807) is 4.57 Å². The minimum Gasteiger partial charge on any atom is -0.465 e. The number of alkyl halides is 3. The molecule has 1 aromatic carbocycles. The van der Waals surface area contributed by atoms with Gasteiger partial charge in [0.25, 0.3) is 0 Å². The van der Waals surface area contributed by atoms with Crippen molar-refractivity contribution in [1.29, 1.82) is 0 Å². The first kappa shape index (κ1) is 17.4. The van der Waals surface area contributed by atoms with Gasteiger partial charge in [0.15, 0.2) is 5.75 Å². The smallest absolute Gasteiger partial charge is 0.387 e. The quantitative estimate of drug-likeness (QED) is 0.568. The van der Waals surface area contributed by atoms with Crippen LogP contribution in [0.2, 0.25) is 0 Å². The Morgan fingerprint density at radius 3 is 2.70 bits per heavy atom. The number of esters is 1. The second kappa shape index (κ2) is 7.56. The Morgan fingerprint density at radius 1 is 1.39 bits per heavy atom. The number of fused-ring (bicyclic) bond motifs is 1. The monoisotopic (exact) mass is 348 g/mol. The molecule has 0 saturated carbocycles. The van der Waals surface area contributed by atoms with E-state index in [1.165, 1.54) is 26.4 Å². The molecule has 1 aromatic heterocycles. The summed E-state index contributed by atoms with van der Waals surface area (Å²) >= 11 is 5.87. The number of methoxy groups -OCH3 is 2. The zero-order chi connectivity index (χ0) is 17.0. The largest absolute Gasteiger partial charge is 0.465 e. The predicted octanol–water partition coefficient (Wildman–Crippen LogP) is 2.81. The van der Waals surface area contributed by atoms with Crippen LogP contribution in [-0.2, 0) is 21.9 Å². The Morgan fingerprint density at radius 2 is 2.13 bits per heavy atom. The average molecular weight is 349 g/mol. The van der Waals surface area contributed by atoms with Crippen LogP contribution >= 0.6 is 11.6 Å². The third kappa shape index (κ3) is 3.70. The van der Waals surface area contributed by atoms with Crippen LogP contribution in [0.15, 0.2) is 12.1 Å². The maximum atomic E-state index is 12.6. The van der Waals surface area contributed by atoms with Crippen molar-refractivity contribution in [2.24, 2.45) is 0 Å². The topological polar surface area (TPSA) is 62.6 Å². The number of hydrogen-bond acceptors (Lipinski definition) is 5. The molecule has 0 radical (unpaired) electrons. The van der Waals surface area contributed by atoms with Gasteiger partial charge in [-0.25, -0.2) is 9.78 Å². The molecule has 1 heterocycles. The summed E-state index contributed by atoms with van der Waals surface area (Å²) in [5, 5.41) is 0. The highest BCUT2D eigenvalue weighted by atomic mass is 35.5. The maximum Gasteiger partial charge on any atom is 0.387 e. The van der Waals surface area contributed by atoms with Crippen molar-refractivity contribution in [3.05, 3.63) is 23.5 Å². The van der Waals surface area contributed by atoms with E-state index < -0.39 is 12.6 Å². The summed E-state index contributed by atoms with van der Waals surface area (Å²) in [6, 6.07) is 2.67. The molecule has 2 rings (SSSR count). The molecule has 0 spiro atoms. The van der Waals surface area contributed by atoms with E-state index in [0.29, 0.717) is 24.5 Å². The molecule has 0 atom stereocenters. The molecule has 0 N–H and O–H groups in total. The van der Waals surface area contributed by atoms with Crippen LogP contribution < -0.4 is 4.74 Å². The van der Waals surface area contributed by atoms with Crippen LogP contribution in [0.3, 0.4) is 0 Å². The fourth-order valence-corrected chi connectivity index (χ4v) is 2.40. The van der Waals surface area contributed by atoms with Gasteiger partial charge in [-0.2, -0.15) is 8.78 Å². The Bertz CT molecular complexity index is 706. The number of benzene rings is 1. The number of halogens is 3. The number of rotatable bonds is 7. The molecule has 0 amide bonds. The van der Waals surface area contributed by atoms with Gasteiger partial charge in [-0.05, 0) is 12.1 Å². The zero-order valence-corrected chi connectivity index (χ0v) is 13.3. The van der Waals surface area contributed by atoms with Crippen molar-refractivity contribution in [2.45, 2.75) is 19.0 Å². The summed E-state index contributed by atoms with van der Waals surface area (Å²) in [7, 11) is 2.73. The first-order valence-corrected chi connectivity index (χ1v) is 7.16. The minimum absolute atomic E-state index is 0.0695. The predicted molar refractivity (Wildman–Crippen MR) is 79.1 cm³/mol. The second-order valence-electron chi connectivity index (χ2n) is 4.52. The van der Waals surface area contributed by atoms with Crippen LogP contribution in [0.25, 0.3) is 11.0 Å². The molecule has 23 heavy (non-hydrogen) atoms. The van der Waals surface area contributed by atoms with Crippen molar-refractivity contribution in [2.75, 3.05) is 20.8 Å². The second-order valence-corrected chi connectivity index (χ2v) is 4.79. The molecule has 2 aromatic rings. The highest BCUT2D eigenvalue weighted by molar-refractivity contribution is 6.17. The first-order chi connectivity index (χ1) is 11.0. The van der Waals surface area contributed by atoms with Crippen molar-refractivity contribution in [3.8, 4) is 5.75 Å². The Balaban J connectivity index is 2.66. The van der Waals surface area contributed by atoms with E-state index in [4.69, 9.17) is 16.3 Å². The Hall–Kier alpha value is -1.93. The Labute approximate surface area is 135 Å². The summed E-state index contributed by atoms with van der Waals surface area (Å²) in [6.45, 7) is -2.29. The summed E-state index contributed by atoms with van der Waals surface area (Å²) in [4.78, 5) is 16.0. The van der Waals surface area contributed by atoms with Gasteiger partial charge in [-0.15, -0.1) is 11.6 Å². The summed E-state index contributed by atoms with van der Waals surface area (Å²) in [5.74, 6) is -0.349. The van der Waals surface area contributed by atoms with Gasteiger partial charge in [0.2, 0.25) is 0 Å². The number of carbonyl (C=O) groups is 1. The van der Waals surface area contributed by atoms with E-state index in [2.05, 4.69) is 14.5 Å². The third-order valence-corrected chi connectivity index (χ3v) is 3.41. The molecule has 0 unspecified atom stereocenters. The van der Waals surface area contributed by atoms with Crippen molar-refractivity contribution >= 4 is 28.6 Å². The lowest BCUT2D eigenvalue weighted by molar-refractivity contribution is -0.0489. The Kier molecular flexibility index (Phi) is 5.73. The van der Waals surface area contributed by atoms with Gasteiger partial charge in [-0.3, -0.25) is 0 Å². The molecular weight excluding hydrogens is 334 g/mol. The molecule has 0 aliphatic heterocycles. The number of ether oxygens (including phenoxy) is 3. The molecule has 0 fully saturated rings. The minimum atomic E-state index is -3.05. The molecule has 6 nitrogen and oxygen atoms in total. The summed E-state index contributed by atoms with van der Waals surface area (Å²) in [6.07, 6.45) is 0. The summed E-state index contributed by atoms with van der Waals surface area (Å²) < 4.78 is 41.1. The fourth-order valence-electron chi connectivity index (χ4n) is 2.20. The molecule has 0 aliphatic carbocycles. The van der Waals surface area contributed by atoms with E-state index in [0.717, 1.165) is 0 Å². The van der Waals surface area contributed by atoms with Gasteiger partial charge in [0.05, 0.1) is 30.7 Å². The van der Waals surface area contributed by atoms with Crippen LogP contribution in [0, 0.1) is 0 Å². The van der Waals surface area contributed by atoms with E-state index in [9.17, 15) is 13.6 Å². The first-order valence-electron chi connectivity index (χ1n) is 6.63. The maximum absolute atomic E-state index is 12.6. The molecular formula is C14H15ClF2N2O4. The van der Waals surface area contributed by atoms with Gasteiger partial charge in [0, 0.05) is 13.7 Å². The molecule has 0 saturated heterocycles. The number of imidazole rings is 1. The van der Waals surface area contributed by atoms with E-state index in [-0.39, 0.29) is 22.7 Å². The number of aromatic nitrogens is 2. The van der Waals surface area contributed by atoms with Crippen LogP contribution in [0.4, 0.5) is 8.78 Å². The standard InChI is InChI=1S/C14H15ClF2N2O4/c1-21-4-3-19-9-5-8(13(20)22-2)6-10(23-14(16)17)12(9)18-11(19)7-15/h5-6,14H,3-4,7H2,1-2H3. The van der Waals surface area contributed by atoms with Gasteiger partial charge < -0.3 is 18.8 Å². The fraction of sp³-hybridized carbons (Fsp3) is 0.429. The van der Waals surface area contributed by atoms with Crippen molar-refractivity contribution in [3.63, 3.8) is 0 Å². The van der Waals surface area contributed by atoms with Gasteiger partial charge in [-0.1, -0.05) is 0 Å². The normalized spacial score (nSPS) is 11.2. The molecule has 0 aliphatic rings.